The highest BCUT2D eigenvalue weighted by molar-refractivity contribution is 5.69. The SMILES string of the molecule is COC(C)COCC(CN1CCN(CC(=O)O)CCN(CC(=O)O)CCN(CC(=O)O)CC1)OC. The van der Waals surface area contributed by atoms with Crippen LogP contribution in [-0.4, -0.2) is 171 Å². The number of carbonyl (C=O) groups is 3. The number of ether oxygens (including phenoxy) is 3. The number of methoxy groups -OCH3 is 2. The zero-order valence-electron chi connectivity index (χ0n) is 21.1. The van der Waals surface area contributed by atoms with Crippen LogP contribution in [0.3, 0.4) is 0 Å². The number of carboxylic acid groups (broad SMARTS) is 3. The number of aliphatic carboxylic acids is 3. The smallest absolute Gasteiger partial charge is 0.317 e. The van der Waals surface area contributed by atoms with Crippen molar-refractivity contribution >= 4 is 17.9 Å². The molecule has 3 N–H and O–H groups in total. The molecule has 13 nitrogen and oxygen atoms in total. The number of carboxylic acids is 3. The standard InChI is InChI=1S/C22H42N4O9/c1-18(33-2)16-35-17-19(34-3)12-23-4-6-24(13-20(27)28)8-10-26(15-22(31)32)11-9-25(7-5-23)14-21(29)30/h18-19H,4-17H2,1-3H3,(H,27,28)(H,29,30)(H,31,32). The minimum absolute atomic E-state index is 0.0380. The summed E-state index contributed by atoms with van der Waals surface area (Å²) in [6, 6.07) is 0. The molecule has 0 aliphatic carbocycles. The second-order valence-corrected chi connectivity index (χ2v) is 8.75. The molecule has 1 heterocycles. The van der Waals surface area contributed by atoms with Gasteiger partial charge in [0, 0.05) is 73.1 Å². The zero-order chi connectivity index (χ0) is 26.2. The summed E-state index contributed by atoms with van der Waals surface area (Å²) in [5.74, 6) is -2.88. The molecule has 1 saturated heterocycles. The number of rotatable bonds is 14. The van der Waals surface area contributed by atoms with Gasteiger partial charge in [-0.05, 0) is 6.92 Å². The maximum Gasteiger partial charge on any atom is 0.317 e. The molecule has 0 amide bonds. The van der Waals surface area contributed by atoms with E-state index in [1.165, 1.54) is 0 Å². The molecule has 35 heavy (non-hydrogen) atoms. The minimum atomic E-state index is -0.981. The quantitative estimate of drug-likeness (QED) is 0.251. The van der Waals surface area contributed by atoms with E-state index in [4.69, 9.17) is 14.2 Å². The normalized spacial score (nSPS) is 20.0. The van der Waals surface area contributed by atoms with Crippen molar-refractivity contribution in [3.8, 4) is 0 Å². The maximum absolute atomic E-state index is 11.4. The topological polar surface area (TPSA) is 153 Å². The van der Waals surface area contributed by atoms with Gasteiger partial charge in [0.05, 0.1) is 45.1 Å². The van der Waals surface area contributed by atoms with E-state index < -0.39 is 17.9 Å². The lowest BCUT2D eigenvalue weighted by atomic mass is 10.3. The fraction of sp³-hybridized carbons (Fsp3) is 0.864. The lowest BCUT2D eigenvalue weighted by Crippen LogP contribution is -2.49. The first-order valence-corrected chi connectivity index (χ1v) is 11.8. The number of nitrogens with zero attached hydrogens (tertiary/aromatic N) is 4. The van der Waals surface area contributed by atoms with E-state index in [2.05, 4.69) is 4.90 Å². The Morgan fingerprint density at radius 3 is 1.34 bits per heavy atom. The molecule has 0 saturated carbocycles. The van der Waals surface area contributed by atoms with Crippen LogP contribution >= 0.6 is 0 Å². The first kappa shape index (κ1) is 31.2. The average Bonchev–Trinajstić information content (AvgIpc) is 2.78. The van der Waals surface area contributed by atoms with E-state index in [-0.39, 0.29) is 31.8 Å². The van der Waals surface area contributed by atoms with Crippen molar-refractivity contribution in [1.82, 2.24) is 19.6 Å². The fourth-order valence-electron chi connectivity index (χ4n) is 3.73. The van der Waals surface area contributed by atoms with Crippen molar-refractivity contribution in [2.45, 2.75) is 19.1 Å². The van der Waals surface area contributed by atoms with Crippen LogP contribution in [0.25, 0.3) is 0 Å². The summed E-state index contributed by atoms with van der Waals surface area (Å²) in [6.45, 7) is 6.27. The first-order valence-electron chi connectivity index (χ1n) is 11.8. The highest BCUT2D eigenvalue weighted by Gasteiger charge is 2.22. The fourth-order valence-corrected chi connectivity index (χ4v) is 3.73. The molecule has 2 unspecified atom stereocenters. The molecule has 2 atom stereocenters. The third kappa shape index (κ3) is 15.0. The van der Waals surface area contributed by atoms with Crippen molar-refractivity contribution in [3.05, 3.63) is 0 Å². The summed E-state index contributed by atoms with van der Waals surface area (Å²) in [4.78, 5) is 41.4. The van der Waals surface area contributed by atoms with Gasteiger partial charge in [-0.1, -0.05) is 0 Å². The molecular weight excluding hydrogens is 464 g/mol. The molecule has 1 aliphatic heterocycles. The van der Waals surface area contributed by atoms with Crippen LogP contribution in [0.1, 0.15) is 6.92 Å². The number of hydrogen-bond donors (Lipinski definition) is 3. The summed E-state index contributed by atoms with van der Waals surface area (Å²) in [6.07, 6.45) is -0.261. The Kier molecular flexibility index (Phi) is 15.6. The van der Waals surface area contributed by atoms with E-state index in [9.17, 15) is 29.7 Å². The Morgan fingerprint density at radius 2 is 1.03 bits per heavy atom. The molecule has 0 bridgehead atoms. The lowest BCUT2D eigenvalue weighted by Gasteiger charge is -2.34. The maximum atomic E-state index is 11.4. The van der Waals surface area contributed by atoms with E-state index in [0.717, 1.165) is 0 Å². The van der Waals surface area contributed by atoms with E-state index in [1.54, 1.807) is 28.9 Å². The lowest BCUT2D eigenvalue weighted by molar-refractivity contribution is -0.140. The van der Waals surface area contributed by atoms with Crippen LogP contribution in [0.15, 0.2) is 0 Å². The average molecular weight is 507 g/mol. The van der Waals surface area contributed by atoms with Crippen molar-refractivity contribution in [2.24, 2.45) is 0 Å². The molecule has 0 aromatic heterocycles. The van der Waals surface area contributed by atoms with E-state index in [0.29, 0.717) is 72.1 Å². The Labute approximate surface area is 207 Å². The van der Waals surface area contributed by atoms with E-state index in [1.807, 2.05) is 6.92 Å². The molecule has 0 aromatic carbocycles. The van der Waals surface area contributed by atoms with Crippen LogP contribution in [0.4, 0.5) is 0 Å². The molecule has 1 rings (SSSR count). The van der Waals surface area contributed by atoms with Gasteiger partial charge >= 0.3 is 17.9 Å². The van der Waals surface area contributed by atoms with Gasteiger partial charge in [-0.25, -0.2) is 0 Å². The first-order chi connectivity index (χ1) is 16.6. The highest BCUT2D eigenvalue weighted by atomic mass is 16.5. The third-order valence-corrected chi connectivity index (χ3v) is 5.86. The van der Waals surface area contributed by atoms with Gasteiger partial charge in [-0.2, -0.15) is 0 Å². The van der Waals surface area contributed by atoms with Crippen LogP contribution in [0.2, 0.25) is 0 Å². The zero-order valence-corrected chi connectivity index (χ0v) is 21.1. The van der Waals surface area contributed by atoms with Gasteiger partial charge in [0.1, 0.15) is 0 Å². The Balaban J connectivity index is 2.91. The molecule has 13 heteroatoms. The molecule has 0 spiro atoms. The molecule has 204 valence electrons. The molecule has 1 fully saturated rings. The second-order valence-electron chi connectivity index (χ2n) is 8.75. The highest BCUT2D eigenvalue weighted by Crippen LogP contribution is 2.04. The molecular formula is C22H42N4O9. The van der Waals surface area contributed by atoms with Gasteiger partial charge < -0.3 is 29.5 Å². The summed E-state index contributed by atoms with van der Waals surface area (Å²) in [5.41, 5.74) is 0. The van der Waals surface area contributed by atoms with Gasteiger partial charge in [0.25, 0.3) is 0 Å². The molecule has 1 aliphatic rings. The second kappa shape index (κ2) is 17.5. The van der Waals surface area contributed by atoms with Crippen LogP contribution in [-0.2, 0) is 28.6 Å². The Morgan fingerprint density at radius 1 is 0.657 bits per heavy atom. The van der Waals surface area contributed by atoms with Crippen LogP contribution < -0.4 is 0 Å². The summed E-state index contributed by atoms with van der Waals surface area (Å²) < 4.78 is 16.5. The summed E-state index contributed by atoms with van der Waals surface area (Å²) in [5, 5.41) is 27.9. The molecule has 0 radical (unpaired) electrons. The van der Waals surface area contributed by atoms with Gasteiger partial charge in [0.15, 0.2) is 0 Å². The monoisotopic (exact) mass is 506 g/mol. The molecule has 0 aromatic rings. The summed E-state index contributed by atoms with van der Waals surface area (Å²) >= 11 is 0. The van der Waals surface area contributed by atoms with Crippen LogP contribution in [0.5, 0.6) is 0 Å². The predicted molar refractivity (Wildman–Crippen MR) is 127 cm³/mol. The van der Waals surface area contributed by atoms with E-state index >= 15 is 0 Å². The van der Waals surface area contributed by atoms with Gasteiger partial charge in [0.2, 0.25) is 0 Å². The van der Waals surface area contributed by atoms with Crippen molar-refractivity contribution in [3.63, 3.8) is 0 Å². The third-order valence-electron chi connectivity index (χ3n) is 5.86. The predicted octanol–water partition coefficient (Wildman–Crippen LogP) is -1.47. The summed E-state index contributed by atoms with van der Waals surface area (Å²) in [7, 11) is 3.22. The van der Waals surface area contributed by atoms with Gasteiger partial charge in [-0.15, -0.1) is 0 Å². The Hall–Kier alpha value is -1.87. The largest absolute Gasteiger partial charge is 0.480 e. The minimum Gasteiger partial charge on any atom is -0.480 e. The Bertz CT molecular complexity index is 608. The van der Waals surface area contributed by atoms with Crippen molar-refractivity contribution in [1.29, 1.82) is 0 Å². The van der Waals surface area contributed by atoms with Crippen molar-refractivity contribution < 1.29 is 43.9 Å². The van der Waals surface area contributed by atoms with Gasteiger partial charge in [-0.3, -0.25) is 34.0 Å². The number of hydrogen-bond acceptors (Lipinski definition) is 10. The van der Waals surface area contributed by atoms with Crippen molar-refractivity contribution in [2.75, 3.05) is 106 Å². The van der Waals surface area contributed by atoms with Crippen LogP contribution in [0, 0.1) is 0 Å².